The van der Waals surface area contributed by atoms with Crippen LogP contribution in [0.4, 0.5) is 5.69 Å². The molecule has 0 spiro atoms. The molecular weight excluding hydrogens is 446 g/mol. The van der Waals surface area contributed by atoms with E-state index in [1.54, 1.807) is 42.7 Å². The molecule has 0 aliphatic carbocycles. The zero-order valence-electron chi connectivity index (χ0n) is 18.6. The molecule has 2 aliphatic rings. The number of nitrogens with zero attached hydrogens (tertiary/aromatic N) is 3. The van der Waals surface area contributed by atoms with Gasteiger partial charge in [0.15, 0.2) is 0 Å². The van der Waals surface area contributed by atoms with Gasteiger partial charge in [0.05, 0.1) is 15.5 Å². The number of rotatable bonds is 6. The summed E-state index contributed by atoms with van der Waals surface area (Å²) in [6, 6.07) is 14.3. The summed E-state index contributed by atoms with van der Waals surface area (Å²) in [6.45, 7) is 3.13. The van der Waals surface area contributed by atoms with Gasteiger partial charge >= 0.3 is 0 Å². The molecule has 0 N–H and O–H groups in total. The van der Waals surface area contributed by atoms with Crippen LogP contribution in [0.2, 0.25) is 5.02 Å². The molecule has 0 atom stereocenters. The van der Waals surface area contributed by atoms with E-state index in [2.05, 4.69) is 4.90 Å². The Hall–Kier alpha value is -2.09. The predicted molar refractivity (Wildman–Crippen MR) is 128 cm³/mol. The summed E-state index contributed by atoms with van der Waals surface area (Å²) < 4.78 is 26.9. The number of anilines is 1. The number of carbonyl (C=O) groups is 1. The Morgan fingerprint density at radius 1 is 1.03 bits per heavy atom. The van der Waals surface area contributed by atoms with E-state index in [4.69, 9.17) is 11.6 Å². The highest BCUT2D eigenvalue weighted by Gasteiger charge is 2.38. The van der Waals surface area contributed by atoms with Gasteiger partial charge in [0.2, 0.25) is 10.0 Å². The summed E-state index contributed by atoms with van der Waals surface area (Å²) in [4.78, 5) is 16.4. The Morgan fingerprint density at radius 3 is 2.28 bits per heavy atom. The highest BCUT2D eigenvalue weighted by atomic mass is 35.5. The fraction of sp³-hybridized carbons (Fsp3) is 0.458. The van der Waals surface area contributed by atoms with E-state index >= 15 is 0 Å². The van der Waals surface area contributed by atoms with Gasteiger partial charge in [-0.05, 0) is 61.4 Å². The second-order valence-corrected chi connectivity index (χ2v) is 11.4. The lowest BCUT2D eigenvalue weighted by molar-refractivity contribution is 0.0828. The molecule has 6 nitrogen and oxygen atoms in total. The number of halogens is 1. The van der Waals surface area contributed by atoms with E-state index in [-0.39, 0.29) is 5.91 Å². The normalized spacial score (nSPS) is 18.4. The lowest BCUT2D eigenvalue weighted by atomic mass is 9.84. The summed E-state index contributed by atoms with van der Waals surface area (Å²) in [5.41, 5.74) is 1.57. The molecule has 172 valence electrons. The van der Waals surface area contributed by atoms with Crippen LogP contribution in [0.5, 0.6) is 0 Å². The molecule has 1 amide bonds. The van der Waals surface area contributed by atoms with Gasteiger partial charge in [-0.3, -0.25) is 4.79 Å². The van der Waals surface area contributed by atoms with Crippen LogP contribution in [0.25, 0.3) is 0 Å². The van der Waals surface area contributed by atoms with Crippen LogP contribution in [0.15, 0.2) is 53.4 Å². The topological polar surface area (TPSA) is 60.9 Å². The standard InChI is InChI=1S/C24H30ClN3O3S/c1-26(2)24(29)22-9-8-20(15-23(22)25)27-12-10-18(11-13-27)14-19-16-28(17-19)32(30,31)21-6-4-3-5-7-21/h3-9,15,18-19H,10-14,16-17H2,1-2H3. The van der Waals surface area contributed by atoms with Crippen LogP contribution in [0, 0.1) is 11.8 Å². The third kappa shape index (κ3) is 4.80. The fourth-order valence-corrected chi connectivity index (χ4v) is 6.49. The van der Waals surface area contributed by atoms with Crippen LogP contribution < -0.4 is 4.90 Å². The number of sulfonamides is 1. The molecule has 0 saturated carbocycles. The molecular formula is C24H30ClN3O3S. The molecule has 32 heavy (non-hydrogen) atoms. The van der Waals surface area contributed by atoms with Gasteiger partial charge < -0.3 is 9.80 Å². The van der Waals surface area contributed by atoms with Crippen molar-refractivity contribution in [2.45, 2.75) is 24.2 Å². The van der Waals surface area contributed by atoms with Gasteiger partial charge in [0, 0.05) is 46.0 Å². The molecule has 2 fully saturated rings. The minimum Gasteiger partial charge on any atom is -0.371 e. The summed E-state index contributed by atoms with van der Waals surface area (Å²) in [6.07, 6.45) is 3.24. The highest BCUT2D eigenvalue weighted by molar-refractivity contribution is 7.89. The van der Waals surface area contributed by atoms with Crippen LogP contribution >= 0.6 is 11.6 Å². The number of carbonyl (C=O) groups excluding carboxylic acids is 1. The monoisotopic (exact) mass is 475 g/mol. The van der Waals surface area contributed by atoms with Gasteiger partial charge in [-0.25, -0.2) is 8.42 Å². The maximum atomic E-state index is 12.7. The van der Waals surface area contributed by atoms with Crippen molar-refractivity contribution < 1.29 is 13.2 Å². The van der Waals surface area contributed by atoms with E-state index < -0.39 is 10.0 Å². The van der Waals surface area contributed by atoms with Gasteiger partial charge in [-0.2, -0.15) is 4.31 Å². The molecule has 0 radical (unpaired) electrons. The first kappa shape index (κ1) is 23.1. The lowest BCUT2D eigenvalue weighted by Crippen LogP contribution is -2.50. The number of hydrogen-bond donors (Lipinski definition) is 0. The Kier molecular flexibility index (Phi) is 6.79. The number of benzene rings is 2. The van der Waals surface area contributed by atoms with Crippen molar-refractivity contribution in [2.75, 3.05) is 45.2 Å². The van der Waals surface area contributed by atoms with Crippen molar-refractivity contribution in [1.82, 2.24) is 9.21 Å². The van der Waals surface area contributed by atoms with Crippen LogP contribution in [0.3, 0.4) is 0 Å². The van der Waals surface area contributed by atoms with Crippen molar-refractivity contribution in [2.24, 2.45) is 11.8 Å². The third-order valence-electron chi connectivity index (χ3n) is 6.54. The third-order valence-corrected chi connectivity index (χ3v) is 8.70. The van der Waals surface area contributed by atoms with Crippen molar-refractivity contribution in [3.05, 3.63) is 59.1 Å². The molecule has 0 bridgehead atoms. The molecule has 0 aromatic heterocycles. The molecule has 8 heteroatoms. The fourth-order valence-electron chi connectivity index (χ4n) is 4.62. The molecule has 0 unspecified atom stereocenters. The van der Waals surface area contributed by atoms with E-state index in [9.17, 15) is 13.2 Å². The van der Waals surface area contributed by atoms with E-state index in [1.807, 2.05) is 24.3 Å². The minimum absolute atomic E-state index is 0.0934. The molecule has 2 heterocycles. The quantitative estimate of drug-likeness (QED) is 0.634. The first-order chi connectivity index (χ1) is 15.3. The second kappa shape index (κ2) is 9.41. The average Bonchev–Trinajstić information content (AvgIpc) is 2.76. The molecule has 2 saturated heterocycles. The Labute approximate surface area is 195 Å². The van der Waals surface area contributed by atoms with Gasteiger partial charge in [-0.15, -0.1) is 0 Å². The van der Waals surface area contributed by atoms with E-state index in [1.165, 1.54) is 4.90 Å². The minimum atomic E-state index is -3.35. The van der Waals surface area contributed by atoms with Crippen LogP contribution in [0.1, 0.15) is 29.6 Å². The SMILES string of the molecule is CN(C)C(=O)c1ccc(N2CCC(CC3CN(S(=O)(=O)c4ccccc4)C3)CC2)cc1Cl. The second-order valence-electron chi connectivity index (χ2n) is 9.03. The maximum Gasteiger partial charge on any atom is 0.254 e. The highest BCUT2D eigenvalue weighted by Crippen LogP contribution is 2.34. The van der Waals surface area contributed by atoms with Crippen molar-refractivity contribution >= 4 is 33.2 Å². The van der Waals surface area contributed by atoms with Gasteiger partial charge in [-0.1, -0.05) is 29.8 Å². The first-order valence-corrected chi connectivity index (χ1v) is 12.9. The number of amides is 1. The van der Waals surface area contributed by atoms with E-state index in [0.717, 1.165) is 38.0 Å². The average molecular weight is 476 g/mol. The van der Waals surface area contributed by atoms with Crippen molar-refractivity contribution in [3.8, 4) is 0 Å². The maximum absolute atomic E-state index is 12.7. The van der Waals surface area contributed by atoms with E-state index in [0.29, 0.717) is 40.4 Å². The zero-order valence-corrected chi connectivity index (χ0v) is 20.1. The smallest absolute Gasteiger partial charge is 0.254 e. The summed E-state index contributed by atoms with van der Waals surface area (Å²) in [5.74, 6) is 0.961. The van der Waals surface area contributed by atoms with Gasteiger partial charge in [0.25, 0.3) is 5.91 Å². The van der Waals surface area contributed by atoms with Gasteiger partial charge in [0.1, 0.15) is 0 Å². The first-order valence-electron chi connectivity index (χ1n) is 11.1. The van der Waals surface area contributed by atoms with Crippen LogP contribution in [-0.2, 0) is 10.0 Å². The summed E-state index contributed by atoms with van der Waals surface area (Å²) in [7, 11) is 0.0816. The largest absolute Gasteiger partial charge is 0.371 e. The number of hydrogen-bond acceptors (Lipinski definition) is 4. The lowest BCUT2D eigenvalue weighted by Gasteiger charge is -2.41. The summed E-state index contributed by atoms with van der Waals surface area (Å²) >= 11 is 6.38. The Balaban J connectivity index is 1.27. The van der Waals surface area contributed by atoms with Crippen molar-refractivity contribution in [3.63, 3.8) is 0 Å². The van der Waals surface area contributed by atoms with Crippen LogP contribution in [-0.4, -0.2) is 63.8 Å². The Bertz CT molecular complexity index is 1060. The molecule has 2 aromatic rings. The molecule has 2 aromatic carbocycles. The summed E-state index contributed by atoms with van der Waals surface area (Å²) in [5, 5.41) is 0.484. The molecule has 2 aliphatic heterocycles. The Morgan fingerprint density at radius 2 is 1.69 bits per heavy atom. The molecule has 4 rings (SSSR count). The van der Waals surface area contributed by atoms with Crippen molar-refractivity contribution in [1.29, 1.82) is 0 Å². The zero-order chi connectivity index (χ0) is 22.9. The predicted octanol–water partition coefficient (Wildman–Crippen LogP) is 3.97. The number of piperidine rings is 1.